The molecule has 0 aliphatic heterocycles. The second kappa shape index (κ2) is 7.75. The van der Waals surface area contributed by atoms with E-state index >= 15 is 0 Å². The third kappa shape index (κ3) is 4.79. The van der Waals surface area contributed by atoms with Gasteiger partial charge in [-0.15, -0.1) is 11.3 Å². The maximum Gasteiger partial charge on any atom is 0.321 e. The average Bonchev–Trinajstić information content (AvgIpc) is 2.91. The Labute approximate surface area is 167 Å². The van der Waals surface area contributed by atoms with Crippen molar-refractivity contribution in [2.45, 2.75) is 69.7 Å². The highest BCUT2D eigenvalue weighted by Gasteiger charge is 2.26. The van der Waals surface area contributed by atoms with Crippen molar-refractivity contribution in [1.29, 1.82) is 0 Å². The van der Waals surface area contributed by atoms with Gasteiger partial charge in [-0.3, -0.25) is 10.1 Å². The second-order valence-electron chi connectivity index (χ2n) is 8.16. The maximum atomic E-state index is 12.4. The first-order chi connectivity index (χ1) is 12.6. The van der Waals surface area contributed by atoms with E-state index in [2.05, 4.69) is 27.5 Å². The van der Waals surface area contributed by atoms with Gasteiger partial charge >= 0.3 is 6.03 Å². The smallest absolute Gasteiger partial charge is 0.321 e. The Bertz CT molecular complexity index is 872. The summed E-state index contributed by atoms with van der Waals surface area (Å²) in [6.45, 7) is 9.68. The molecule has 0 aromatic carbocycles. The molecule has 6 nitrogen and oxygen atoms in total. The van der Waals surface area contributed by atoms with E-state index in [1.165, 1.54) is 28.6 Å². The van der Waals surface area contributed by atoms with Crippen molar-refractivity contribution in [3.8, 4) is 0 Å². The molecule has 0 fully saturated rings. The number of nitrogens with one attached hydrogen (secondary N) is 2. The second-order valence-corrected chi connectivity index (χ2v) is 10.6. The Balaban J connectivity index is 1.76. The minimum Gasteiger partial charge on any atom is -0.333 e. The quantitative estimate of drug-likeness (QED) is 0.596. The molecule has 0 bridgehead atoms. The van der Waals surface area contributed by atoms with Crippen LogP contribution in [-0.2, 0) is 17.6 Å². The molecule has 2 N–H and O–H groups in total. The lowest BCUT2D eigenvalue weighted by molar-refractivity contribution is -0.119. The zero-order chi connectivity index (χ0) is 19.8. The number of carbonyl (C=O) groups is 2. The molecule has 2 aromatic rings. The summed E-state index contributed by atoms with van der Waals surface area (Å²) in [4.78, 5) is 35.6. The Kier molecular flexibility index (Phi) is 5.76. The van der Waals surface area contributed by atoms with Gasteiger partial charge in [-0.2, -0.15) is 0 Å². The number of aryl methyl sites for hydroxylation is 1. The first-order valence-corrected chi connectivity index (χ1v) is 10.9. The summed E-state index contributed by atoms with van der Waals surface area (Å²) in [7, 11) is 0. The number of urea groups is 1. The lowest BCUT2D eigenvalue weighted by atomic mass is 9.89. The zero-order valence-electron chi connectivity index (χ0n) is 16.4. The fourth-order valence-corrected chi connectivity index (χ4v) is 5.50. The Hall–Kier alpha value is -1.67. The molecule has 0 unspecified atom stereocenters. The normalized spacial score (nSPS) is 18.0. The number of hydrogen-bond donors (Lipinski definition) is 2. The van der Waals surface area contributed by atoms with Crippen LogP contribution in [0.4, 0.5) is 4.79 Å². The molecule has 2 heterocycles. The standard InChI is InChI=1S/C19H26N4O2S2/c1-10-6-7-12-13(8-10)27-17-14(12)16(20-9-21-17)26-11(2)15(24)22-18(25)23-19(3,4)5/h9-11H,6-8H2,1-5H3,(H2,22,23,24,25)/t10-,11-/m1/s1. The third-order valence-electron chi connectivity index (χ3n) is 4.44. The predicted molar refractivity (Wildman–Crippen MR) is 110 cm³/mol. The monoisotopic (exact) mass is 406 g/mol. The van der Waals surface area contributed by atoms with Crippen molar-refractivity contribution in [2.75, 3.05) is 0 Å². The van der Waals surface area contributed by atoms with Crippen molar-refractivity contribution < 1.29 is 9.59 Å². The summed E-state index contributed by atoms with van der Waals surface area (Å²) in [5.74, 6) is 0.367. The highest BCUT2D eigenvalue weighted by Crippen LogP contribution is 2.41. The van der Waals surface area contributed by atoms with E-state index in [9.17, 15) is 9.59 Å². The van der Waals surface area contributed by atoms with E-state index in [0.29, 0.717) is 5.92 Å². The SMILES string of the molecule is C[C@@H]1CCc2c(sc3ncnc(S[C@H](C)C(=O)NC(=O)NC(C)(C)C)c23)C1. The number of carbonyl (C=O) groups excluding carboxylic acids is 2. The van der Waals surface area contributed by atoms with E-state index in [0.717, 1.165) is 28.1 Å². The van der Waals surface area contributed by atoms with Crippen molar-refractivity contribution in [1.82, 2.24) is 20.6 Å². The molecule has 1 aliphatic carbocycles. The minimum absolute atomic E-state index is 0.328. The number of thiophene rings is 1. The van der Waals surface area contributed by atoms with E-state index in [1.54, 1.807) is 24.6 Å². The maximum absolute atomic E-state index is 12.4. The van der Waals surface area contributed by atoms with Crippen LogP contribution in [0.15, 0.2) is 11.4 Å². The molecular weight excluding hydrogens is 380 g/mol. The number of hydrogen-bond acceptors (Lipinski definition) is 6. The van der Waals surface area contributed by atoms with Crippen molar-refractivity contribution >= 4 is 45.3 Å². The van der Waals surface area contributed by atoms with Gasteiger partial charge < -0.3 is 5.32 Å². The van der Waals surface area contributed by atoms with Crippen LogP contribution in [0, 0.1) is 5.92 Å². The summed E-state index contributed by atoms with van der Waals surface area (Å²) >= 11 is 3.12. The number of nitrogens with zero attached hydrogens (tertiary/aromatic N) is 2. The molecule has 1 aliphatic rings. The predicted octanol–water partition coefficient (Wildman–Crippen LogP) is 3.92. The third-order valence-corrected chi connectivity index (χ3v) is 6.70. The van der Waals surface area contributed by atoms with Crippen LogP contribution in [0.25, 0.3) is 10.2 Å². The molecule has 146 valence electrons. The fourth-order valence-electron chi connectivity index (χ4n) is 3.14. The summed E-state index contributed by atoms with van der Waals surface area (Å²) < 4.78 is 0. The van der Waals surface area contributed by atoms with Crippen LogP contribution in [0.5, 0.6) is 0 Å². The van der Waals surface area contributed by atoms with Gasteiger partial charge in [-0.05, 0) is 58.4 Å². The van der Waals surface area contributed by atoms with Crippen LogP contribution in [-0.4, -0.2) is 32.7 Å². The van der Waals surface area contributed by atoms with Crippen molar-refractivity contribution in [3.05, 3.63) is 16.8 Å². The van der Waals surface area contributed by atoms with E-state index in [4.69, 9.17) is 0 Å². The van der Waals surface area contributed by atoms with Crippen molar-refractivity contribution in [3.63, 3.8) is 0 Å². The molecular formula is C19H26N4O2S2. The molecule has 2 aromatic heterocycles. The molecule has 0 saturated carbocycles. The van der Waals surface area contributed by atoms with Crippen LogP contribution >= 0.6 is 23.1 Å². The number of imide groups is 1. The molecule has 8 heteroatoms. The largest absolute Gasteiger partial charge is 0.333 e. The van der Waals surface area contributed by atoms with Crippen LogP contribution < -0.4 is 10.6 Å². The van der Waals surface area contributed by atoms with Gasteiger partial charge in [-0.25, -0.2) is 14.8 Å². The summed E-state index contributed by atoms with van der Waals surface area (Å²) in [5.41, 5.74) is 0.946. The Morgan fingerprint density at radius 1 is 1.33 bits per heavy atom. The van der Waals surface area contributed by atoms with E-state index in [1.807, 2.05) is 20.8 Å². The van der Waals surface area contributed by atoms with Gasteiger partial charge in [0.25, 0.3) is 0 Å². The number of rotatable bonds is 3. The molecule has 2 atom stereocenters. The van der Waals surface area contributed by atoms with Crippen LogP contribution in [0.1, 0.15) is 51.5 Å². The number of thioether (sulfide) groups is 1. The number of aromatic nitrogens is 2. The minimum atomic E-state index is -0.477. The molecule has 3 rings (SSSR count). The molecule has 0 spiro atoms. The first kappa shape index (κ1) is 20.1. The molecule has 0 radical (unpaired) electrons. The van der Waals surface area contributed by atoms with Gasteiger partial charge in [0.05, 0.1) is 5.25 Å². The van der Waals surface area contributed by atoms with Gasteiger partial charge in [-0.1, -0.05) is 18.7 Å². The van der Waals surface area contributed by atoms with Crippen molar-refractivity contribution in [2.24, 2.45) is 5.92 Å². The van der Waals surface area contributed by atoms with Gasteiger partial charge in [0.2, 0.25) is 5.91 Å². The van der Waals surface area contributed by atoms with E-state index < -0.39 is 16.8 Å². The van der Waals surface area contributed by atoms with Gasteiger partial charge in [0.1, 0.15) is 16.2 Å². The molecule has 3 amide bonds. The topological polar surface area (TPSA) is 84.0 Å². The summed E-state index contributed by atoms with van der Waals surface area (Å²) in [5, 5.41) is 6.63. The Morgan fingerprint density at radius 2 is 2.07 bits per heavy atom. The highest BCUT2D eigenvalue weighted by atomic mass is 32.2. The first-order valence-electron chi connectivity index (χ1n) is 9.19. The summed E-state index contributed by atoms with van der Waals surface area (Å²) in [6.07, 6.45) is 4.85. The lowest BCUT2D eigenvalue weighted by Gasteiger charge is -2.21. The molecule has 0 saturated heterocycles. The fraction of sp³-hybridized carbons (Fsp3) is 0.579. The van der Waals surface area contributed by atoms with Gasteiger partial charge in [0.15, 0.2) is 0 Å². The van der Waals surface area contributed by atoms with Crippen LogP contribution in [0.2, 0.25) is 0 Å². The summed E-state index contributed by atoms with van der Waals surface area (Å²) in [6, 6.07) is -0.477. The average molecular weight is 407 g/mol. The Morgan fingerprint density at radius 3 is 2.78 bits per heavy atom. The highest BCUT2D eigenvalue weighted by molar-refractivity contribution is 8.00. The number of amides is 3. The zero-order valence-corrected chi connectivity index (χ0v) is 18.0. The van der Waals surface area contributed by atoms with E-state index in [-0.39, 0.29) is 5.91 Å². The van der Waals surface area contributed by atoms with Crippen LogP contribution in [0.3, 0.4) is 0 Å². The number of fused-ring (bicyclic) bond motifs is 3. The molecule has 27 heavy (non-hydrogen) atoms. The lowest BCUT2D eigenvalue weighted by Crippen LogP contribution is -2.49. The van der Waals surface area contributed by atoms with Gasteiger partial charge in [0, 0.05) is 15.8 Å².